The van der Waals surface area contributed by atoms with Crippen molar-refractivity contribution < 1.29 is 4.79 Å². The number of benzene rings is 1. The summed E-state index contributed by atoms with van der Waals surface area (Å²) in [5.74, 6) is 0.0702. The molecule has 0 aliphatic heterocycles. The smallest absolute Gasteiger partial charge is 0.224 e. The third-order valence-corrected chi connectivity index (χ3v) is 5.12. The monoisotopic (exact) mass is 353 g/mol. The maximum Gasteiger partial charge on any atom is 0.224 e. The summed E-state index contributed by atoms with van der Waals surface area (Å²) in [5, 5.41) is 7.21. The van der Waals surface area contributed by atoms with Gasteiger partial charge < -0.3 is 5.32 Å². The van der Waals surface area contributed by atoms with Crippen molar-refractivity contribution >= 4 is 22.9 Å². The molecule has 0 aliphatic rings. The number of rotatable bonds is 7. The third kappa shape index (κ3) is 5.03. The molecule has 0 radical (unpaired) electrons. The van der Waals surface area contributed by atoms with E-state index >= 15 is 0 Å². The van der Waals surface area contributed by atoms with Gasteiger partial charge in [-0.05, 0) is 62.1 Å². The molecule has 1 amide bonds. The maximum atomic E-state index is 12.2. The van der Waals surface area contributed by atoms with Crippen molar-refractivity contribution in [2.45, 2.75) is 39.7 Å². The molecule has 0 aliphatic carbocycles. The molecule has 2 heterocycles. The SMILES string of the molecule is Cc1cc(CCCC(=O)Nc2cccc(Cn3cccn3)c2)c(C)s1. The fourth-order valence-corrected chi connectivity index (χ4v) is 3.90. The number of nitrogens with one attached hydrogen (secondary N) is 1. The average Bonchev–Trinajstić information content (AvgIpc) is 3.17. The highest BCUT2D eigenvalue weighted by Gasteiger charge is 2.06. The summed E-state index contributed by atoms with van der Waals surface area (Å²) in [6, 6.07) is 12.1. The van der Waals surface area contributed by atoms with E-state index in [0.29, 0.717) is 13.0 Å². The van der Waals surface area contributed by atoms with Crippen LogP contribution in [0.25, 0.3) is 0 Å². The number of hydrogen-bond acceptors (Lipinski definition) is 3. The fraction of sp³-hybridized carbons (Fsp3) is 0.300. The molecular weight excluding hydrogens is 330 g/mol. The van der Waals surface area contributed by atoms with Gasteiger partial charge in [0, 0.05) is 34.3 Å². The Bertz CT molecular complexity index is 837. The van der Waals surface area contributed by atoms with Crippen LogP contribution in [0.4, 0.5) is 5.69 Å². The molecular formula is C20H23N3OS. The molecule has 0 spiro atoms. The quantitative estimate of drug-likeness (QED) is 0.676. The van der Waals surface area contributed by atoms with Gasteiger partial charge in [-0.1, -0.05) is 12.1 Å². The third-order valence-electron chi connectivity index (χ3n) is 4.11. The van der Waals surface area contributed by atoms with Gasteiger partial charge in [-0.15, -0.1) is 11.3 Å². The van der Waals surface area contributed by atoms with Crippen LogP contribution in [0.15, 0.2) is 48.8 Å². The molecule has 0 saturated carbocycles. The minimum atomic E-state index is 0.0702. The Balaban J connectivity index is 1.50. The number of anilines is 1. The van der Waals surface area contributed by atoms with Crippen LogP contribution in [-0.2, 0) is 17.8 Å². The average molecular weight is 353 g/mol. The summed E-state index contributed by atoms with van der Waals surface area (Å²) in [6.45, 7) is 4.98. The number of nitrogens with zero attached hydrogens (tertiary/aromatic N) is 2. The van der Waals surface area contributed by atoms with Gasteiger partial charge in [0.15, 0.2) is 0 Å². The molecule has 0 saturated heterocycles. The molecule has 3 rings (SSSR count). The van der Waals surface area contributed by atoms with Crippen LogP contribution in [0.1, 0.15) is 33.7 Å². The molecule has 4 nitrogen and oxygen atoms in total. The van der Waals surface area contributed by atoms with Gasteiger partial charge in [0.05, 0.1) is 6.54 Å². The van der Waals surface area contributed by atoms with Crippen molar-refractivity contribution in [3.63, 3.8) is 0 Å². The summed E-state index contributed by atoms with van der Waals surface area (Å²) < 4.78 is 1.87. The number of aryl methyl sites for hydroxylation is 3. The first-order valence-electron chi connectivity index (χ1n) is 8.52. The zero-order chi connectivity index (χ0) is 17.6. The molecule has 0 atom stereocenters. The van der Waals surface area contributed by atoms with E-state index in [1.165, 1.54) is 15.3 Å². The fourth-order valence-electron chi connectivity index (χ4n) is 2.92. The lowest BCUT2D eigenvalue weighted by molar-refractivity contribution is -0.116. The molecule has 130 valence electrons. The van der Waals surface area contributed by atoms with E-state index in [1.807, 2.05) is 52.5 Å². The second-order valence-corrected chi connectivity index (χ2v) is 7.70. The second-order valence-electron chi connectivity index (χ2n) is 6.24. The summed E-state index contributed by atoms with van der Waals surface area (Å²) in [7, 11) is 0. The normalized spacial score (nSPS) is 10.8. The number of amides is 1. The van der Waals surface area contributed by atoms with Gasteiger partial charge in [0.1, 0.15) is 0 Å². The largest absolute Gasteiger partial charge is 0.326 e. The van der Waals surface area contributed by atoms with Crippen molar-refractivity contribution in [1.29, 1.82) is 0 Å². The number of hydrogen-bond donors (Lipinski definition) is 1. The number of aromatic nitrogens is 2. The number of carbonyl (C=O) groups is 1. The molecule has 0 unspecified atom stereocenters. The maximum absolute atomic E-state index is 12.2. The van der Waals surface area contributed by atoms with Gasteiger partial charge >= 0.3 is 0 Å². The minimum absolute atomic E-state index is 0.0702. The summed E-state index contributed by atoms with van der Waals surface area (Å²) in [4.78, 5) is 14.9. The van der Waals surface area contributed by atoms with E-state index in [-0.39, 0.29) is 5.91 Å². The zero-order valence-electron chi connectivity index (χ0n) is 14.7. The van der Waals surface area contributed by atoms with E-state index < -0.39 is 0 Å². The van der Waals surface area contributed by atoms with Crippen molar-refractivity contribution in [3.8, 4) is 0 Å². The molecule has 25 heavy (non-hydrogen) atoms. The summed E-state index contributed by atoms with van der Waals surface area (Å²) >= 11 is 1.83. The number of thiophene rings is 1. The Hall–Kier alpha value is -2.40. The van der Waals surface area contributed by atoms with Crippen molar-refractivity contribution in [2.75, 3.05) is 5.32 Å². The number of carbonyl (C=O) groups excluding carboxylic acids is 1. The van der Waals surface area contributed by atoms with Crippen LogP contribution in [0.3, 0.4) is 0 Å². The van der Waals surface area contributed by atoms with Crippen LogP contribution < -0.4 is 5.32 Å². The zero-order valence-corrected chi connectivity index (χ0v) is 15.5. The first-order valence-corrected chi connectivity index (χ1v) is 9.34. The molecule has 0 bridgehead atoms. The standard InChI is InChI=1S/C20H23N3OS/c1-15-12-18(16(2)25-15)7-4-9-20(24)22-19-8-3-6-17(13-19)14-23-11-5-10-21-23/h3,5-6,8,10-13H,4,7,9,14H2,1-2H3,(H,22,24). The minimum Gasteiger partial charge on any atom is -0.326 e. The van der Waals surface area contributed by atoms with Crippen LogP contribution in [0, 0.1) is 13.8 Å². The Kier molecular flexibility index (Phi) is 5.66. The van der Waals surface area contributed by atoms with Crippen LogP contribution in [-0.4, -0.2) is 15.7 Å². The van der Waals surface area contributed by atoms with Crippen molar-refractivity contribution in [2.24, 2.45) is 0 Å². The Morgan fingerprint density at radius 3 is 2.84 bits per heavy atom. The molecule has 0 fully saturated rings. The molecule has 5 heteroatoms. The highest BCUT2D eigenvalue weighted by Crippen LogP contribution is 2.22. The van der Waals surface area contributed by atoms with Crippen LogP contribution in [0.2, 0.25) is 0 Å². The van der Waals surface area contributed by atoms with Crippen LogP contribution >= 0.6 is 11.3 Å². The first kappa shape index (κ1) is 17.4. The highest BCUT2D eigenvalue weighted by atomic mass is 32.1. The lowest BCUT2D eigenvalue weighted by atomic mass is 10.1. The van der Waals surface area contributed by atoms with Gasteiger partial charge in [-0.3, -0.25) is 9.48 Å². The van der Waals surface area contributed by atoms with Gasteiger partial charge in [0.25, 0.3) is 0 Å². The predicted octanol–water partition coefficient (Wildman–Crippen LogP) is 4.57. The Morgan fingerprint density at radius 1 is 1.24 bits per heavy atom. The predicted molar refractivity (Wildman–Crippen MR) is 103 cm³/mol. The topological polar surface area (TPSA) is 46.9 Å². The second kappa shape index (κ2) is 8.12. The van der Waals surface area contributed by atoms with Gasteiger partial charge in [0.2, 0.25) is 5.91 Å². The molecule has 3 aromatic rings. The van der Waals surface area contributed by atoms with Crippen molar-refractivity contribution in [3.05, 3.63) is 69.7 Å². The van der Waals surface area contributed by atoms with E-state index in [1.54, 1.807) is 6.20 Å². The lowest BCUT2D eigenvalue weighted by Gasteiger charge is -2.08. The van der Waals surface area contributed by atoms with Gasteiger partial charge in [-0.2, -0.15) is 5.10 Å². The Morgan fingerprint density at radius 2 is 2.12 bits per heavy atom. The lowest BCUT2D eigenvalue weighted by Crippen LogP contribution is -2.12. The molecule has 1 N–H and O–H groups in total. The Labute approximate surface area is 152 Å². The van der Waals surface area contributed by atoms with E-state index in [9.17, 15) is 4.79 Å². The van der Waals surface area contributed by atoms with E-state index in [2.05, 4.69) is 30.3 Å². The summed E-state index contributed by atoms with van der Waals surface area (Å²) in [5.41, 5.74) is 3.33. The van der Waals surface area contributed by atoms with Gasteiger partial charge in [-0.25, -0.2) is 0 Å². The van der Waals surface area contributed by atoms with Crippen molar-refractivity contribution in [1.82, 2.24) is 9.78 Å². The first-order chi connectivity index (χ1) is 12.1. The summed E-state index contributed by atoms with van der Waals surface area (Å²) in [6.07, 6.45) is 6.07. The highest BCUT2D eigenvalue weighted by molar-refractivity contribution is 7.12. The molecule has 1 aromatic carbocycles. The molecule has 2 aromatic heterocycles. The van der Waals surface area contributed by atoms with E-state index in [0.717, 1.165) is 24.1 Å². The van der Waals surface area contributed by atoms with Crippen LogP contribution in [0.5, 0.6) is 0 Å². The van der Waals surface area contributed by atoms with E-state index in [4.69, 9.17) is 0 Å².